The van der Waals surface area contributed by atoms with Gasteiger partial charge < -0.3 is 14.6 Å². The molecule has 6 heteroatoms. The van der Waals surface area contributed by atoms with Crippen LogP contribution in [0.15, 0.2) is 53.1 Å². The number of hydrogen-bond acceptors (Lipinski definition) is 5. The van der Waals surface area contributed by atoms with Crippen LogP contribution in [0.4, 0.5) is 5.69 Å². The van der Waals surface area contributed by atoms with Gasteiger partial charge in [0.25, 0.3) is 5.89 Å². The van der Waals surface area contributed by atoms with E-state index in [-0.39, 0.29) is 11.8 Å². The highest BCUT2D eigenvalue weighted by Crippen LogP contribution is 2.30. The van der Waals surface area contributed by atoms with E-state index in [0.29, 0.717) is 17.5 Å². The second-order valence-corrected chi connectivity index (χ2v) is 7.02. The van der Waals surface area contributed by atoms with Gasteiger partial charge in [-0.1, -0.05) is 36.6 Å². The molecule has 6 nitrogen and oxygen atoms in total. The van der Waals surface area contributed by atoms with Crippen LogP contribution in [0.3, 0.4) is 0 Å². The van der Waals surface area contributed by atoms with Crippen LogP contribution < -0.4 is 10.1 Å². The Morgan fingerprint density at radius 1 is 1.07 bits per heavy atom. The quantitative estimate of drug-likeness (QED) is 0.682. The van der Waals surface area contributed by atoms with Crippen LogP contribution in [-0.2, 0) is 4.79 Å². The van der Waals surface area contributed by atoms with Gasteiger partial charge in [0, 0.05) is 17.2 Å². The molecule has 4 rings (SSSR count). The number of carbonyl (C=O) groups is 1. The van der Waals surface area contributed by atoms with Crippen molar-refractivity contribution in [1.29, 1.82) is 0 Å². The van der Waals surface area contributed by atoms with Crippen LogP contribution in [0.5, 0.6) is 5.75 Å². The summed E-state index contributed by atoms with van der Waals surface area (Å²) in [6, 6.07) is 15.0. The zero-order chi connectivity index (χ0) is 19.3. The molecule has 0 aliphatic heterocycles. The Kier molecular flexibility index (Phi) is 5.37. The second-order valence-electron chi connectivity index (χ2n) is 7.02. The largest absolute Gasteiger partial charge is 0.496 e. The predicted molar refractivity (Wildman–Crippen MR) is 107 cm³/mol. The van der Waals surface area contributed by atoms with Gasteiger partial charge in [-0.15, -0.1) is 0 Å². The third-order valence-electron chi connectivity index (χ3n) is 5.15. The van der Waals surface area contributed by atoms with Crippen molar-refractivity contribution in [3.8, 4) is 28.6 Å². The van der Waals surface area contributed by atoms with Crippen molar-refractivity contribution in [1.82, 2.24) is 10.1 Å². The molecule has 0 bridgehead atoms. The summed E-state index contributed by atoms with van der Waals surface area (Å²) in [5.41, 5.74) is 2.35. The average molecular weight is 377 g/mol. The Hall–Kier alpha value is -3.15. The first-order chi connectivity index (χ1) is 13.7. The molecule has 28 heavy (non-hydrogen) atoms. The number of rotatable bonds is 5. The highest BCUT2D eigenvalue weighted by atomic mass is 16.5. The topological polar surface area (TPSA) is 77.3 Å². The number of para-hydroxylation sites is 1. The molecule has 1 aliphatic rings. The van der Waals surface area contributed by atoms with Crippen molar-refractivity contribution in [3.63, 3.8) is 0 Å². The van der Waals surface area contributed by atoms with E-state index >= 15 is 0 Å². The number of nitrogens with zero attached hydrogens (tertiary/aromatic N) is 2. The molecule has 1 saturated carbocycles. The highest BCUT2D eigenvalue weighted by Gasteiger charge is 2.21. The summed E-state index contributed by atoms with van der Waals surface area (Å²) in [5.74, 6) is 1.83. The maximum Gasteiger partial charge on any atom is 0.258 e. The van der Waals surface area contributed by atoms with Crippen molar-refractivity contribution in [2.24, 2.45) is 5.92 Å². The van der Waals surface area contributed by atoms with E-state index in [0.717, 1.165) is 42.5 Å². The first-order valence-electron chi connectivity index (χ1n) is 9.63. The number of hydrogen-bond donors (Lipinski definition) is 1. The molecular weight excluding hydrogens is 354 g/mol. The first-order valence-corrected chi connectivity index (χ1v) is 9.63. The van der Waals surface area contributed by atoms with Crippen LogP contribution in [0.1, 0.15) is 32.1 Å². The van der Waals surface area contributed by atoms with Gasteiger partial charge >= 0.3 is 0 Å². The maximum absolute atomic E-state index is 12.4. The van der Waals surface area contributed by atoms with Gasteiger partial charge in [0.1, 0.15) is 5.75 Å². The predicted octanol–water partition coefficient (Wildman–Crippen LogP) is 4.93. The maximum atomic E-state index is 12.4. The summed E-state index contributed by atoms with van der Waals surface area (Å²) in [4.78, 5) is 16.9. The molecular formula is C22H23N3O3. The van der Waals surface area contributed by atoms with Crippen molar-refractivity contribution in [2.45, 2.75) is 32.1 Å². The first kappa shape index (κ1) is 18.2. The smallest absolute Gasteiger partial charge is 0.258 e. The van der Waals surface area contributed by atoms with Gasteiger partial charge in [0.2, 0.25) is 11.7 Å². The zero-order valence-electron chi connectivity index (χ0n) is 15.9. The zero-order valence-corrected chi connectivity index (χ0v) is 15.9. The third kappa shape index (κ3) is 3.91. The third-order valence-corrected chi connectivity index (χ3v) is 5.15. The fourth-order valence-electron chi connectivity index (χ4n) is 3.58. The summed E-state index contributed by atoms with van der Waals surface area (Å²) >= 11 is 0. The molecule has 1 aromatic heterocycles. The van der Waals surface area contributed by atoms with Crippen LogP contribution in [-0.4, -0.2) is 23.2 Å². The lowest BCUT2D eigenvalue weighted by atomic mass is 9.88. The molecule has 1 amide bonds. The van der Waals surface area contributed by atoms with E-state index in [2.05, 4.69) is 15.5 Å². The number of aromatic nitrogens is 2. The molecule has 1 heterocycles. The normalized spacial score (nSPS) is 14.6. The van der Waals surface area contributed by atoms with Gasteiger partial charge in [-0.25, -0.2) is 0 Å². The van der Waals surface area contributed by atoms with E-state index in [9.17, 15) is 4.79 Å². The van der Waals surface area contributed by atoms with Crippen molar-refractivity contribution in [3.05, 3.63) is 48.5 Å². The number of anilines is 1. The number of benzene rings is 2. The number of methoxy groups -OCH3 is 1. The van der Waals surface area contributed by atoms with Crippen LogP contribution in [0.25, 0.3) is 22.8 Å². The Labute approximate surface area is 163 Å². The molecule has 1 fully saturated rings. The molecule has 1 aliphatic carbocycles. The number of ether oxygens (including phenoxy) is 1. The molecule has 0 spiro atoms. The molecule has 144 valence electrons. The van der Waals surface area contributed by atoms with Gasteiger partial charge in [0.15, 0.2) is 0 Å². The summed E-state index contributed by atoms with van der Waals surface area (Å²) in [7, 11) is 1.61. The summed E-state index contributed by atoms with van der Waals surface area (Å²) < 4.78 is 10.8. The molecule has 0 radical (unpaired) electrons. The van der Waals surface area contributed by atoms with E-state index in [4.69, 9.17) is 9.26 Å². The van der Waals surface area contributed by atoms with E-state index in [1.807, 2.05) is 48.5 Å². The monoisotopic (exact) mass is 377 g/mol. The number of carbonyl (C=O) groups excluding carboxylic acids is 1. The molecule has 1 N–H and O–H groups in total. The molecule has 0 atom stereocenters. The van der Waals surface area contributed by atoms with Gasteiger partial charge in [-0.3, -0.25) is 4.79 Å². The van der Waals surface area contributed by atoms with Gasteiger partial charge in [-0.05, 0) is 49.2 Å². The van der Waals surface area contributed by atoms with Crippen molar-refractivity contribution in [2.75, 3.05) is 12.4 Å². The molecule has 0 unspecified atom stereocenters. The second kappa shape index (κ2) is 8.25. The van der Waals surface area contributed by atoms with Crippen molar-refractivity contribution >= 4 is 11.6 Å². The molecule has 3 aromatic rings. The van der Waals surface area contributed by atoms with E-state index < -0.39 is 0 Å². The minimum atomic E-state index is 0.115. The Morgan fingerprint density at radius 2 is 1.82 bits per heavy atom. The Balaban J connectivity index is 1.47. The van der Waals surface area contributed by atoms with Gasteiger partial charge in [-0.2, -0.15) is 4.98 Å². The van der Waals surface area contributed by atoms with Crippen molar-refractivity contribution < 1.29 is 14.1 Å². The summed E-state index contributed by atoms with van der Waals surface area (Å²) in [5, 5.41) is 7.08. The fourth-order valence-corrected chi connectivity index (χ4v) is 3.58. The van der Waals surface area contributed by atoms with Crippen LogP contribution in [0, 0.1) is 5.92 Å². The SMILES string of the molecule is COc1ccccc1-c1noc(-c2ccc(NC(=O)C3CCCCC3)cc2)n1. The minimum Gasteiger partial charge on any atom is -0.496 e. The Morgan fingerprint density at radius 3 is 2.57 bits per heavy atom. The van der Waals surface area contributed by atoms with Crippen LogP contribution in [0.2, 0.25) is 0 Å². The average Bonchev–Trinajstić information content (AvgIpc) is 3.25. The summed E-state index contributed by atoms with van der Waals surface area (Å²) in [6.07, 6.45) is 5.49. The number of amides is 1. The lowest BCUT2D eigenvalue weighted by molar-refractivity contribution is -0.120. The fraction of sp³-hybridized carbons (Fsp3) is 0.318. The lowest BCUT2D eigenvalue weighted by Gasteiger charge is -2.20. The summed E-state index contributed by atoms with van der Waals surface area (Å²) in [6.45, 7) is 0. The molecule has 2 aromatic carbocycles. The van der Waals surface area contributed by atoms with Crippen LogP contribution >= 0.6 is 0 Å². The minimum absolute atomic E-state index is 0.115. The highest BCUT2D eigenvalue weighted by molar-refractivity contribution is 5.92. The molecule has 0 saturated heterocycles. The standard InChI is InChI=1S/C22H23N3O3/c1-27-19-10-6-5-9-18(19)20-24-22(28-25-20)16-11-13-17(14-12-16)23-21(26)15-7-3-2-4-8-15/h5-6,9-15H,2-4,7-8H2,1H3,(H,23,26). The lowest BCUT2D eigenvalue weighted by Crippen LogP contribution is -2.24. The number of nitrogens with one attached hydrogen (secondary N) is 1. The van der Waals surface area contributed by atoms with E-state index in [1.165, 1.54) is 6.42 Å². The van der Waals surface area contributed by atoms with Gasteiger partial charge in [0.05, 0.1) is 12.7 Å². The Bertz CT molecular complexity index is 944. The van der Waals surface area contributed by atoms with E-state index in [1.54, 1.807) is 7.11 Å².